The molecule has 0 unspecified atom stereocenters. The van der Waals surface area contributed by atoms with E-state index in [2.05, 4.69) is 31.9 Å². The Labute approximate surface area is 408 Å². The first kappa shape index (κ1) is 57.2. The molecule has 1 aromatic rings. The van der Waals surface area contributed by atoms with E-state index in [1.54, 1.807) is 26.0 Å². The molecule has 8 atom stereocenters. The Morgan fingerprint density at radius 2 is 1.48 bits per heavy atom. The van der Waals surface area contributed by atoms with E-state index in [1.807, 2.05) is 13.8 Å². The molecular weight excluding hydrogens is 939 g/mol. The zero-order valence-electron chi connectivity index (χ0n) is 39.6. The van der Waals surface area contributed by atoms with Gasteiger partial charge in [0.2, 0.25) is 65.0 Å². The number of phenolic OH excluding ortho intramolecular Hbond substituents is 1. The van der Waals surface area contributed by atoms with Gasteiger partial charge in [-0.3, -0.25) is 52.7 Å². The molecule has 0 bridgehead atoms. The summed E-state index contributed by atoms with van der Waals surface area (Å²) in [5.41, 5.74) is 16.8. The van der Waals surface area contributed by atoms with Crippen LogP contribution in [0.1, 0.15) is 84.6 Å². The van der Waals surface area contributed by atoms with Gasteiger partial charge >= 0.3 is 0 Å². The molecular formula is C44H67N11O12S2. The maximum Gasteiger partial charge on any atom is 0.246 e. The van der Waals surface area contributed by atoms with Crippen molar-refractivity contribution < 1.29 is 57.8 Å². The summed E-state index contributed by atoms with van der Waals surface area (Å²) in [6, 6.07) is -3.36. The predicted molar refractivity (Wildman–Crippen MR) is 256 cm³/mol. The third-order valence-corrected chi connectivity index (χ3v) is 14.0. The van der Waals surface area contributed by atoms with E-state index in [1.165, 1.54) is 34.9 Å². The monoisotopic (exact) mass is 1010 g/mol. The highest BCUT2D eigenvalue weighted by molar-refractivity contribution is 8.76. The first-order valence-electron chi connectivity index (χ1n) is 22.8. The molecule has 2 fully saturated rings. The van der Waals surface area contributed by atoms with Gasteiger partial charge in [0.05, 0.1) is 13.0 Å². The normalized spacial score (nSPS) is 23.4. The Hall–Kier alpha value is -6.11. The number of nitrogens with zero attached hydrogens (tertiary/aromatic N) is 2. The highest BCUT2D eigenvalue weighted by Crippen LogP contribution is 2.28. The van der Waals surface area contributed by atoms with Crippen molar-refractivity contribution in [1.82, 2.24) is 41.7 Å². The quantitative estimate of drug-likeness (QED) is 0.0741. The molecule has 11 amide bonds. The fourth-order valence-corrected chi connectivity index (χ4v) is 9.86. The lowest BCUT2D eigenvalue weighted by Gasteiger charge is -2.35. The van der Waals surface area contributed by atoms with Crippen LogP contribution in [0.15, 0.2) is 24.3 Å². The second-order valence-electron chi connectivity index (χ2n) is 17.5. The smallest absolute Gasteiger partial charge is 0.246 e. The Kier molecular flexibility index (Phi) is 23.0. The van der Waals surface area contributed by atoms with E-state index in [9.17, 15) is 57.8 Å². The minimum Gasteiger partial charge on any atom is -0.508 e. The number of benzene rings is 1. The lowest BCUT2D eigenvalue weighted by atomic mass is 9.96. The minimum absolute atomic E-state index is 0.0246. The first-order chi connectivity index (χ1) is 32.5. The van der Waals surface area contributed by atoms with Crippen molar-refractivity contribution in [3.05, 3.63) is 29.8 Å². The molecule has 0 aliphatic carbocycles. The fourth-order valence-electron chi connectivity index (χ4n) is 7.61. The molecule has 0 radical (unpaired) electrons. The number of rotatable bonds is 17. The van der Waals surface area contributed by atoms with Gasteiger partial charge in [0, 0.05) is 44.4 Å². The second-order valence-corrected chi connectivity index (χ2v) is 20.2. The van der Waals surface area contributed by atoms with Crippen molar-refractivity contribution in [1.29, 1.82) is 0 Å². The van der Waals surface area contributed by atoms with Crippen LogP contribution in [0.25, 0.3) is 0 Å². The summed E-state index contributed by atoms with van der Waals surface area (Å²) in [6.07, 6.45) is -0.603. The molecule has 13 N–H and O–H groups in total. The molecule has 0 aromatic heterocycles. The van der Waals surface area contributed by atoms with Gasteiger partial charge in [-0.1, -0.05) is 67.8 Å². The van der Waals surface area contributed by atoms with Crippen LogP contribution in [0.2, 0.25) is 0 Å². The van der Waals surface area contributed by atoms with Gasteiger partial charge in [-0.05, 0) is 55.2 Å². The van der Waals surface area contributed by atoms with Gasteiger partial charge in [0.1, 0.15) is 48.0 Å². The first-order valence-corrected chi connectivity index (χ1v) is 25.2. The van der Waals surface area contributed by atoms with Crippen molar-refractivity contribution >= 4 is 86.6 Å². The number of hydrogen-bond donors (Lipinski definition) is 10. The second kappa shape index (κ2) is 27.8. The van der Waals surface area contributed by atoms with Crippen LogP contribution in [-0.4, -0.2) is 154 Å². The molecule has 2 aliphatic heterocycles. The van der Waals surface area contributed by atoms with Crippen molar-refractivity contribution in [3.63, 3.8) is 0 Å². The van der Waals surface area contributed by atoms with Gasteiger partial charge in [0.15, 0.2) is 0 Å². The Bertz CT molecular complexity index is 2050. The van der Waals surface area contributed by atoms with Gasteiger partial charge < -0.3 is 64.0 Å². The molecule has 382 valence electrons. The summed E-state index contributed by atoms with van der Waals surface area (Å²) in [5, 5.41) is 25.4. The maximum atomic E-state index is 14.7. The maximum absolute atomic E-state index is 14.7. The molecule has 2 heterocycles. The van der Waals surface area contributed by atoms with Gasteiger partial charge in [-0.2, -0.15) is 0 Å². The average molecular weight is 1010 g/mol. The number of primary amides is 3. The molecule has 69 heavy (non-hydrogen) atoms. The fraction of sp³-hybridized carbons (Fsp3) is 0.614. The number of carbonyl (C=O) groups is 11. The molecule has 25 heteroatoms. The molecule has 2 aliphatic rings. The van der Waals surface area contributed by atoms with Gasteiger partial charge in [-0.15, -0.1) is 0 Å². The average Bonchev–Trinajstić information content (AvgIpc) is 3.79. The van der Waals surface area contributed by atoms with Crippen LogP contribution in [0, 0.1) is 11.8 Å². The SMILES string of the molecule is CC[C@H](C)[C@@H]1NC(=O)[C@H](Cc2ccc(O)cc2)NC(=O)CCSSC[C@@H](C(=O)N2CCC[C@H]2C(=O)N[C@@H](CC(C)C)C(=O)NCC(N)=O)N(C)C(=O)[C@H](CC(N)=O)NC(=O)[C@H](CCC(N)=O)NC1=O. The number of phenols is 1. The zero-order valence-corrected chi connectivity index (χ0v) is 41.2. The third kappa shape index (κ3) is 18.4. The lowest BCUT2D eigenvalue weighted by molar-refractivity contribution is -0.148. The Morgan fingerprint density at radius 1 is 0.826 bits per heavy atom. The van der Waals surface area contributed by atoms with E-state index in [4.69, 9.17) is 17.2 Å². The largest absolute Gasteiger partial charge is 0.508 e. The summed E-state index contributed by atoms with van der Waals surface area (Å²) < 4.78 is 0. The lowest BCUT2D eigenvalue weighted by Crippen LogP contribution is -2.61. The molecule has 3 rings (SSSR count). The van der Waals surface area contributed by atoms with E-state index in [0.717, 1.165) is 15.7 Å². The number of nitrogens with one attached hydrogen (secondary N) is 6. The highest BCUT2D eigenvalue weighted by atomic mass is 33.1. The summed E-state index contributed by atoms with van der Waals surface area (Å²) in [7, 11) is 3.55. The van der Waals surface area contributed by atoms with Crippen molar-refractivity contribution in [2.24, 2.45) is 29.0 Å². The predicted octanol–water partition coefficient (Wildman–Crippen LogP) is -2.20. The number of likely N-dealkylation sites (tertiary alicyclic amines) is 1. The standard InChI is InChI=1S/C44H67N11O12S2/c1-6-24(4)37-42(65)50-27(13-14-33(45)57)39(62)52-30(20-34(46)58)43(66)54(5)32(22-69-68-17-15-36(60)49-29(40(63)53-37)19-25-9-11-26(56)12-10-25)44(67)55-16-7-8-31(55)41(64)51-28(18-23(2)3)38(61)48-21-35(47)59/h9-12,23-24,27-32,37,56H,6-8,13-22H2,1-5H3,(H2,45,57)(H2,46,58)(H2,47,59)(H,48,61)(H,49,60)(H,50,65)(H,51,64)(H,52,62)(H,53,63)/t24-,27-,28-,29-,30-,31-,32-,37-/m0/s1. The van der Waals surface area contributed by atoms with E-state index in [-0.39, 0.29) is 61.8 Å². The van der Waals surface area contributed by atoms with Gasteiger partial charge in [0.25, 0.3) is 0 Å². The van der Waals surface area contributed by atoms with Crippen LogP contribution in [-0.2, 0) is 59.2 Å². The van der Waals surface area contributed by atoms with E-state index < -0.39 is 133 Å². The number of amides is 11. The Balaban J connectivity index is 2.06. The van der Waals surface area contributed by atoms with Crippen LogP contribution < -0.4 is 49.1 Å². The molecule has 23 nitrogen and oxygen atoms in total. The number of nitrogens with two attached hydrogens (primary N) is 3. The molecule has 0 spiro atoms. The van der Waals surface area contributed by atoms with Crippen LogP contribution in [0.5, 0.6) is 5.75 Å². The summed E-state index contributed by atoms with van der Waals surface area (Å²) >= 11 is 0. The summed E-state index contributed by atoms with van der Waals surface area (Å²) in [5.74, 6) is -9.39. The van der Waals surface area contributed by atoms with Crippen LogP contribution in [0.3, 0.4) is 0 Å². The summed E-state index contributed by atoms with van der Waals surface area (Å²) in [4.78, 5) is 150. The third-order valence-electron chi connectivity index (χ3n) is 11.6. The number of hydrogen-bond acceptors (Lipinski definition) is 14. The van der Waals surface area contributed by atoms with E-state index >= 15 is 0 Å². The number of aromatic hydroxyl groups is 1. The minimum atomic E-state index is -1.71. The zero-order chi connectivity index (χ0) is 51.5. The van der Waals surface area contributed by atoms with Gasteiger partial charge in [-0.25, -0.2) is 0 Å². The number of carbonyl (C=O) groups excluding carboxylic acids is 11. The Morgan fingerprint density at radius 3 is 2.09 bits per heavy atom. The molecule has 2 saturated heterocycles. The summed E-state index contributed by atoms with van der Waals surface area (Å²) in [6.45, 7) is 6.70. The van der Waals surface area contributed by atoms with Crippen molar-refractivity contribution in [3.8, 4) is 5.75 Å². The highest BCUT2D eigenvalue weighted by Gasteiger charge is 2.42. The van der Waals surface area contributed by atoms with Crippen molar-refractivity contribution in [2.45, 2.75) is 128 Å². The van der Waals surface area contributed by atoms with Crippen LogP contribution in [0.4, 0.5) is 0 Å². The van der Waals surface area contributed by atoms with Crippen molar-refractivity contribution in [2.75, 3.05) is 31.6 Å². The number of likely N-dealkylation sites (N-methyl/N-ethyl adjacent to an activating group) is 1. The van der Waals surface area contributed by atoms with Crippen LogP contribution >= 0.6 is 21.6 Å². The molecule has 1 aromatic carbocycles. The molecule has 0 saturated carbocycles. The van der Waals surface area contributed by atoms with E-state index in [0.29, 0.717) is 18.4 Å². The topological polar surface area (TPSA) is 365 Å².